The van der Waals surface area contributed by atoms with Crippen LogP contribution in [0, 0.1) is 5.82 Å². The topological polar surface area (TPSA) is 9.23 Å². The first-order valence-corrected chi connectivity index (χ1v) is 5.70. The van der Waals surface area contributed by atoms with E-state index in [0.717, 1.165) is 24.3 Å². The van der Waals surface area contributed by atoms with Crippen molar-refractivity contribution < 1.29 is 31.1 Å². The van der Waals surface area contributed by atoms with Gasteiger partial charge in [0.15, 0.2) is 0 Å². The van der Waals surface area contributed by atoms with Crippen molar-refractivity contribution in [2.75, 3.05) is 0 Å². The molecule has 0 atom stereocenters. The van der Waals surface area contributed by atoms with Crippen molar-refractivity contribution in [3.05, 3.63) is 53.8 Å². The summed E-state index contributed by atoms with van der Waals surface area (Å²) in [4.78, 5) is 0. The quantitative estimate of drug-likeness (QED) is 0.696. The molecule has 0 unspecified atom stereocenters. The van der Waals surface area contributed by atoms with Gasteiger partial charge >= 0.3 is 6.36 Å². The summed E-state index contributed by atoms with van der Waals surface area (Å²) in [7, 11) is 0. The first-order chi connectivity index (χ1) is 9.76. The molecular formula is C14H8F6O. The molecule has 112 valence electrons. The third-order valence-corrected chi connectivity index (χ3v) is 2.63. The Morgan fingerprint density at radius 1 is 0.952 bits per heavy atom. The second kappa shape index (κ2) is 5.67. The number of rotatable bonds is 3. The Bertz CT molecular complexity index is 636. The maximum absolute atomic E-state index is 13.0. The smallest absolute Gasteiger partial charge is 0.406 e. The predicted octanol–water partition coefficient (Wildman–Crippen LogP) is 5.33. The Labute approximate surface area is 115 Å². The average molecular weight is 306 g/mol. The van der Waals surface area contributed by atoms with Gasteiger partial charge in [-0.2, -0.15) is 0 Å². The predicted molar refractivity (Wildman–Crippen MR) is 63.5 cm³/mol. The van der Waals surface area contributed by atoms with Crippen molar-refractivity contribution in [1.82, 2.24) is 0 Å². The van der Waals surface area contributed by atoms with Crippen molar-refractivity contribution in [2.24, 2.45) is 0 Å². The van der Waals surface area contributed by atoms with Crippen LogP contribution in [-0.4, -0.2) is 6.36 Å². The van der Waals surface area contributed by atoms with Gasteiger partial charge in [0.2, 0.25) is 0 Å². The molecule has 1 nitrogen and oxygen atoms in total. The fourth-order valence-corrected chi connectivity index (χ4v) is 1.84. The molecule has 0 amide bonds. The van der Waals surface area contributed by atoms with Gasteiger partial charge in [-0.15, -0.1) is 13.2 Å². The molecule has 0 saturated carbocycles. The van der Waals surface area contributed by atoms with Crippen molar-refractivity contribution in [3.8, 4) is 16.9 Å². The molecule has 21 heavy (non-hydrogen) atoms. The SMILES string of the molecule is Fc1ccc(-c2cccc(OC(F)(F)F)c2)c(C(F)F)c1. The van der Waals surface area contributed by atoms with E-state index in [2.05, 4.69) is 4.74 Å². The van der Waals surface area contributed by atoms with Crippen LogP contribution in [0.15, 0.2) is 42.5 Å². The maximum atomic E-state index is 13.0. The highest BCUT2D eigenvalue weighted by atomic mass is 19.4. The second-order valence-electron chi connectivity index (χ2n) is 4.11. The van der Waals surface area contributed by atoms with E-state index in [1.54, 1.807) is 0 Å². The molecule has 0 aliphatic rings. The van der Waals surface area contributed by atoms with Crippen LogP contribution in [-0.2, 0) is 0 Å². The summed E-state index contributed by atoms with van der Waals surface area (Å²) in [5.41, 5.74) is -0.578. The van der Waals surface area contributed by atoms with Gasteiger partial charge in [-0.3, -0.25) is 0 Å². The lowest BCUT2D eigenvalue weighted by atomic mass is 9.99. The van der Waals surface area contributed by atoms with Crippen LogP contribution in [0.1, 0.15) is 12.0 Å². The lowest BCUT2D eigenvalue weighted by Crippen LogP contribution is -2.17. The summed E-state index contributed by atoms with van der Waals surface area (Å²) in [5, 5.41) is 0. The summed E-state index contributed by atoms with van der Waals surface area (Å²) in [6.45, 7) is 0. The average Bonchev–Trinajstić information content (AvgIpc) is 2.36. The highest BCUT2D eigenvalue weighted by molar-refractivity contribution is 5.69. The summed E-state index contributed by atoms with van der Waals surface area (Å²) in [6.07, 6.45) is -7.84. The molecule has 2 aromatic rings. The summed E-state index contributed by atoms with van der Waals surface area (Å²) in [5.74, 6) is -1.39. The van der Waals surface area contributed by atoms with Crippen LogP contribution in [0.25, 0.3) is 11.1 Å². The van der Waals surface area contributed by atoms with E-state index < -0.39 is 29.9 Å². The molecule has 0 aliphatic heterocycles. The molecule has 0 aliphatic carbocycles. The van der Waals surface area contributed by atoms with Gasteiger partial charge in [-0.1, -0.05) is 18.2 Å². The molecule has 0 heterocycles. The van der Waals surface area contributed by atoms with Gasteiger partial charge in [0.25, 0.3) is 6.43 Å². The highest BCUT2D eigenvalue weighted by Crippen LogP contribution is 2.34. The molecule has 7 heteroatoms. The van der Waals surface area contributed by atoms with Crippen LogP contribution in [0.2, 0.25) is 0 Å². The molecule has 2 rings (SSSR count). The lowest BCUT2D eigenvalue weighted by Gasteiger charge is -2.12. The van der Waals surface area contributed by atoms with Gasteiger partial charge in [0.1, 0.15) is 11.6 Å². The van der Waals surface area contributed by atoms with E-state index in [0.29, 0.717) is 6.07 Å². The third-order valence-electron chi connectivity index (χ3n) is 2.63. The minimum atomic E-state index is -4.88. The largest absolute Gasteiger partial charge is 0.573 e. The fourth-order valence-electron chi connectivity index (χ4n) is 1.84. The second-order valence-corrected chi connectivity index (χ2v) is 4.11. The van der Waals surface area contributed by atoms with Gasteiger partial charge in [-0.25, -0.2) is 13.2 Å². The monoisotopic (exact) mass is 306 g/mol. The number of alkyl halides is 5. The molecule has 0 fully saturated rings. The first-order valence-electron chi connectivity index (χ1n) is 5.70. The number of hydrogen-bond acceptors (Lipinski definition) is 1. The highest BCUT2D eigenvalue weighted by Gasteiger charge is 2.31. The van der Waals surface area contributed by atoms with E-state index in [1.165, 1.54) is 12.1 Å². The van der Waals surface area contributed by atoms with Crippen LogP contribution in [0.5, 0.6) is 5.75 Å². The minimum Gasteiger partial charge on any atom is -0.406 e. The minimum absolute atomic E-state index is 0.0565. The Morgan fingerprint density at radius 3 is 2.29 bits per heavy atom. The zero-order chi connectivity index (χ0) is 15.6. The van der Waals surface area contributed by atoms with Gasteiger partial charge < -0.3 is 4.74 Å². The molecule has 0 aromatic heterocycles. The number of ether oxygens (including phenoxy) is 1. The van der Waals surface area contributed by atoms with Crippen LogP contribution in [0.4, 0.5) is 26.3 Å². The van der Waals surface area contributed by atoms with E-state index in [9.17, 15) is 26.3 Å². The molecule has 0 saturated heterocycles. The van der Waals surface area contributed by atoms with Crippen molar-refractivity contribution in [3.63, 3.8) is 0 Å². The summed E-state index contributed by atoms with van der Waals surface area (Å²) < 4.78 is 79.0. The maximum Gasteiger partial charge on any atom is 0.573 e. The van der Waals surface area contributed by atoms with E-state index in [4.69, 9.17) is 0 Å². The molecule has 0 spiro atoms. The lowest BCUT2D eigenvalue weighted by molar-refractivity contribution is -0.274. The number of benzene rings is 2. The first kappa shape index (κ1) is 15.2. The number of hydrogen-bond donors (Lipinski definition) is 0. The molecule has 0 bridgehead atoms. The summed E-state index contributed by atoms with van der Waals surface area (Å²) in [6, 6.07) is 7.27. The fraction of sp³-hybridized carbons (Fsp3) is 0.143. The van der Waals surface area contributed by atoms with Gasteiger partial charge in [-0.05, 0) is 35.4 Å². The Kier molecular flexibility index (Phi) is 4.11. The van der Waals surface area contributed by atoms with E-state index in [-0.39, 0.29) is 11.1 Å². The van der Waals surface area contributed by atoms with Gasteiger partial charge in [0.05, 0.1) is 0 Å². The van der Waals surface area contributed by atoms with Crippen molar-refractivity contribution >= 4 is 0 Å². The Morgan fingerprint density at radius 2 is 1.67 bits per heavy atom. The third kappa shape index (κ3) is 3.90. The van der Waals surface area contributed by atoms with E-state index >= 15 is 0 Å². The molecular weight excluding hydrogens is 298 g/mol. The van der Waals surface area contributed by atoms with Crippen molar-refractivity contribution in [2.45, 2.75) is 12.8 Å². The Hall–Kier alpha value is -2.18. The van der Waals surface area contributed by atoms with Crippen molar-refractivity contribution in [1.29, 1.82) is 0 Å². The van der Waals surface area contributed by atoms with Crippen LogP contribution < -0.4 is 4.74 Å². The summed E-state index contributed by atoms with van der Waals surface area (Å²) >= 11 is 0. The normalized spacial score (nSPS) is 11.8. The zero-order valence-electron chi connectivity index (χ0n) is 10.3. The molecule has 0 N–H and O–H groups in total. The van der Waals surface area contributed by atoms with Crippen LogP contribution >= 0.6 is 0 Å². The molecule has 0 radical (unpaired) electrons. The van der Waals surface area contributed by atoms with E-state index in [1.807, 2.05) is 0 Å². The standard InChI is InChI=1S/C14H8F6O/c15-9-4-5-11(12(7-9)13(16)17)8-2-1-3-10(6-8)21-14(18,19)20/h1-7,13H. The Balaban J connectivity index is 2.45. The van der Waals surface area contributed by atoms with Crippen LogP contribution in [0.3, 0.4) is 0 Å². The van der Waals surface area contributed by atoms with Gasteiger partial charge in [0, 0.05) is 5.56 Å². The molecule has 2 aromatic carbocycles. The number of halogens is 6. The zero-order valence-corrected chi connectivity index (χ0v) is 10.3.